The molecule has 7 heteroatoms. The summed E-state index contributed by atoms with van der Waals surface area (Å²) in [5, 5.41) is 18.4. The van der Waals surface area contributed by atoms with E-state index in [0.29, 0.717) is 11.1 Å². The Bertz CT molecular complexity index is 923. The molecule has 2 N–H and O–H groups in total. The fourth-order valence-corrected chi connectivity index (χ4v) is 3.00. The molecule has 1 amide bonds. The number of carbonyl (C=O) groups excluding carboxylic acids is 1. The van der Waals surface area contributed by atoms with Gasteiger partial charge in [-0.15, -0.1) is 0 Å². The van der Waals surface area contributed by atoms with E-state index in [1.54, 1.807) is 24.4 Å². The van der Waals surface area contributed by atoms with Crippen molar-refractivity contribution in [1.29, 1.82) is 0 Å². The summed E-state index contributed by atoms with van der Waals surface area (Å²) >= 11 is 0. The maximum Gasteiger partial charge on any atom is 0.270 e. The number of aryl methyl sites for hydroxylation is 1. The monoisotopic (exact) mass is 356 g/mol. The van der Waals surface area contributed by atoms with Gasteiger partial charge < -0.3 is 10.4 Å². The summed E-state index contributed by atoms with van der Waals surface area (Å²) in [5.41, 5.74) is 1.37. The number of halogens is 1. The largest absolute Gasteiger partial charge is 0.505 e. The highest BCUT2D eigenvalue weighted by Gasteiger charge is 2.24. The Morgan fingerprint density at radius 2 is 2.08 bits per heavy atom. The normalized spacial score (nSPS) is 12.5. The van der Waals surface area contributed by atoms with E-state index in [-0.39, 0.29) is 29.8 Å². The molecule has 3 rings (SSSR count). The van der Waals surface area contributed by atoms with E-state index in [1.165, 1.54) is 10.9 Å². The summed E-state index contributed by atoms with van der Waals surface area (Å²) in [6.07, 6.45) is 3.08. The van der Waals surface area contributed by atoms with E-state index in [9.17, 15) is 14.3 Å². The van der Waals surface area contributed by atoms with Gasteiger partial charge in [0.25, 0.3) is 5.91 Å². The van der Waals surface area contributed by atoms with E-state index < -0.39 is 12.7 Å². The highest BCUT2D eigenvalue weighted by molar-refractivity contribution is 5.93. The quantitative estimate of drug-likeness (QED) is 0.711. The molecule has 2 heterocycles. The smallest absolute Gasteiger partial charge is 0.270 e. The van der Waals surface area contributed by atoms with E-state index in [1.807, 2.05) is 26.0 Å². The molecular weight excluding hydrogens is 335 g/mol. The minimum absolute atomic E-state index is 0.0172. The van der Waals surface area contributed by atoms with E-state index >= 15 is 0 Å². The van der Waals surface area contributed by atoms with Gasteiger partial charge in [0.1, 0.15) is 23.6 Å². The second-order valence-corrected chi connectivity index (χ2v) is 6.40. The van der Waals surface area contributed by atoms with Gasteiger partial charge >= 0.3 is 0 Å². The Kier molecular flexibility index (Phi) is 5.16. The van der Waals surface area contributed by atoms with Crippen molar-refractivity contribution in [3.8, 4) is 5.75 Å². The molecule has 1 atom stereocenters. The van der Waals surface area contributed by atoms with Crippen LogP contribution in [-0.2, 0) is 6.54 Å². The van der Waals surface area contributed by atoms with E-state index in [0.717, 1.165) is 5.39 Å². The maximum atomic E-state index is 12.7. The fourth-order valence-electron chi connectivity index (χ4n) is 3.00. The van der Waals surface area contributed by atoms with Crippen LogP contribution < -0.4 is 5.32 Å². The number of aromatic hydroxyl groups is 1. The average molecular weight is 356 g/mol. The van der Waals surface area contributed by atoms with Crippen molar-refractivity contribution in [2.75, 3.05) is 6.67 Å². The molecule has 3 aromatic rings. The standard InChI is InChI=1S/C19H21FN4O2/c1-12(2)16(23-19(26)15-7-10-22-24(15)11-8-20)14-6-5-13-4-3-9-21-17(13)18(14)25/h3-7,9-10,12,16,25H,8,11H2,1-2H3,(H,23,26). The molecule has 0 saturated carbocycles. The van der Waals surface area contributed by atoms with Gasteiger partial charge in [-0.05, 0) is 18.1 Å². The van der Waals surface area contributed by atoms with Crippen molar-refractivity contribution in [3.05, 3.63) is 54.0 Å². The number of rotatable bonds is 6. The number of carbonyl (C=O) groups is 1. The summed E-state index contributed by atoms with van der Waals surface area (Å²) in [5.74, 6) is -0.293. The van der Waals surface area contributed by atoms with Gasteiger partial charge in [0.2, 0.25) is 0 Å². The molecule has 0 saturated heterocycles. The summed E-state index contributed by atoms with van der Waals surface area (Å²) < 4.78 is 14.0. The van der Waals surface area contributed by atoms with Gasteiger partial charge in [0.15, 0.2) is 0 Å². The van der Waals surface area contributed by atoms with Gasteiger partial charge in [0.05, 0.1) is 12.6 Å². The van der Waals surface area contributed by atoms with Gasteiger partial charge in [-0.2, -0.15) is 5.10 Å². The zero-order valence-corrected chi connectivity index (χ0v) is 14.7. The Morgan fingerprint density at radius 3 is 2.81 bits per heavy atom. The molecule has 0 spiro atoms. The SMILES string of the molecule is CC(C)C(NC(=O)c1ccnn1CCF)c1ccc2cccnc2c1O. The molecule has 0 bridgehead atoms. The number of amides is 1. The van der Waals surface area contributed by atoms with Gasteiger partial charge in [-0.25, -0.2) is 4.39 Å². The molecule has 1 unspecified atom stereocenters. The number of alkyl halides is 1. The maximum absolute atomic E-state index is 12.7. The molecule has 1 aromatic carbocycles. The van der Waals surface area contributed by atoms with Crippen molar-refractivity contribution >= 4 is 16.8 Å². The second-order valence-electron chi connectivity index (χ2n) is 6.40. The highest BCUT2D eigenvalue weighted by Crippen LogP contribution is 2.34. The van der Waals surface area contributed by atoms with Gasteiger partial charge in [-0.1, -0.05) is 32.0 Å². The Morgan fingerprint density at radius 1 is 1.27 bits per heavy atom. The molecule has 26 heavy (non-hydrogen) atoms. The van der Waals surface area contributed by atoms with Crippen LogP contribution in [0.5, 0.6) is 5.75 Å². The first-order valence-corrected chi connectivity index (χ1v) is 8.48. The number of aromatic nitrogens is 3. The lowest BCUT2D eigenvalue weighted by Crippen LogP contribution is -2.33. The van der Waals surface area contributed by atoms with Crippen molar-refractivity contribution in [3.63, 3.8) is 0 Å². The molecule has 0 aliphatic heterocycles. The summed E-state index contributed by atoms with van der Waals surface area (Å²) in [7, 11) is 0. The van der Waals surface area contributed by atoms with Crippen LogP contribution in [0.1, 0.15) is 35.9 Å². The topological polar surface area (TPSA) is 80.0 Å². The Labute approximate surface area is 150 Å². The lowest BCUT2D eigenvalue weighted by Gasteiger charge is -2.24. The molecule has 0 radical (unpaired) electrons. The minimum atomic E-state index is -0.604. The van der Waals surface area contributed by atoms with Crippen LogP contribution >= 0.6 is 0 Å². The number of nitrogens with zero attached hydrogens (tertiary/aromatic N) is 3. The van der Waals surface area contributed by atoms with Crippen LogP contribution in [0.2, 0.25) is 0 Å². The van der Waals surface area contributed by atoms with Crippen molar-refractivity contribution < 1.29 is 14.3 Å². The number of hydrogen-bond acceptors (Lipinski definition) is 4. The number of pyridine rings is 1. The third kappa shape index (κ3) is 3.37. The lowest BCUT2D eigenvalue weighted by atomic mass is 9.94. The van der Waals surface area contributed by atoms with Crippen molar-refractivity contribution in [1.82, 2.24) is 20.1 Å². The first-order valence-electron chi connectivity index (χ1n) is 8.48. The van der Waals surface area contributed by atoms with Crippen LogP contribution in [0, 0.1) is 5.92 Å². The van der Waals surface area contributed by atoms with Crippen LogP contribution in [0.25, 0.3) is 10.9 Å². The molecule has 2 aromatic heterocycles. The molecule has 0 fully saturated rings. The van der Waals surface area contributed by atoms with Crippen LogP contribution in [0.4, 0.5) is 4.39 Å². The number of benzene rings is 1. The highest BCUT2D eigenvalue weighted by atomic mass is 19.1. The van der Waals surface area contributed by atoms with E-state index in [2.05, 4.69) is 15.4 Å². The van der Waals surface area contributed by atoms with Crippen LogP contribution in [-0.4, -0.2) is 32.5 Å². The zero-order chi connectivity index (χ0) is 18.7. The predicted octanol–water partition coefficient (Wildman–Crippen LogP) is 3.23. The average Bonchev–Trinajstić information content (AvgIpc) is 3.09. The molecule has 136 valence electrons. The molecule has 0 aliphatic carbocycles. The fraction of sp³-hybridized carbons (Fsp3) is 0.316. The number of phenols is 1. The van der Waals surface area contributed by atoms with Gasteiger partial charge in [-0.3, -0.25) is 14.5 Å². The molecule has 0 aliphatic rings. The molecular formula is C19H21FN4O2. The summed E-state index contributed by atoms with van der Waals surface area (Å²) in [4.78, 5) is 16.9. The van der Waals surface area contributed by atoms with E-state index in [4.69, 9.17) is 0 Å². The number of nitrogens with one attached hydrogen (secondary N) is 1. The summed E-state index contributed by atoms with van der Waals surface area (Å²) in [6, 6.07) is 8.45. The number of hydrogen-bond donors (Lipinski definition) is 2. The van der Waals surface area contributed by atoms with Gasteiger partial charge in [0, 0.05) is 23.3 Å². The minimum Gasteiger partial charge on any atom is -0.505 e. The second kappa shape index (κ2) is 7.51. The number of fused-ring (bicyclic) bond motifs is 1. The van der Waals surface area contributed by atoms with Crippen molar-refractivity contribution in [2.24, 2.45) is 5.92 Å². The lowest BCUT2D eigenvalue weighted by molar-refractivity contribution is 0.0913. The van der Waals surface area contributed by atoms with Crippen molar-refractivity contribution in [2.45, 2.75) is 26.4 Å². The Balaban J connectivity index is 1.94. The molecule has 6 nitrogen and oxygen atoms in total. The third-order valence-electron chi connectivity index (χ3n) is 4.31. The van der Waals surface area contributed by atoms with Crippen LogP contribution in [0.3, 0.4) is 0 Å². The predicted molar refractivity (Wildman–Crippen MR) is 96.7 cm³/mol. The first kappa shape index (κ1) is 17.8. The first-order chi connectivity index (χ1) is 12.5. The Hall–Kier alpha value is -2.96. The zero-order valence-electron chi connectivity index (χ0n) is 14.7. The summed E-state index contributed by atoms with van der Waals surface area (Å²) in [6.45, 7) is 3.32. The van der Waals surface area contributed by atoms with Crippen LogP contribution in [0.15, 0.2) is 42.7 Å². The number of phenolic OH excluding ortho intramolecular Hbond substituents is 1. The third-order valence-corrected chi connectivity index (χ3v) is 4.31.